The van der Waals surface area contributed by atoms with E-state index >= 15 is 0 Å². The number of hydrogen-bond donors (Lipinski definition) is 2. The van der Waals surface area contributed by atoms with Gasteiger partial charge in [-0.15, -0.1) is 0 Å². The summed E-state index contributed by atoms with van der Waals surface area (Å²) in [6.07, 6.45) is 4.13. The maximum atomic E-state index is 13.0. The van der Waals surface area contributed by atoms with Gasteiger partial charge in [0.25, 0.3) is 11.5 Å². The number of aromatic nitrogens is 3. The summed E-state index contributed by atoms with van der Waals surface area (Å²) in [5.41, 5.74) is 4.60. The second-order valence-electron chi connectivity index (χ2n) is 7.68. The molecule has 150 valence electrons. The van der Waals surface area contributed by atoms with Gasteiger partial charge in [0, 0.05) is 29.9 Å². The smallest absolute Gasteiger partial charge is 0.272 e. The number of aromatic amines is 1. The summed E-state index contributed by atoms with van der Waals surface area (Å²) in [6.45, 7) is 4.80. The highest BCUT2D eigenvalue weighted by Gasteiger charge is 2.24. The summed E-state index contributed by atoms with van der Waals surface area (Å²) in [6, 6.07) is 11.9. The predicted molar refractivity (Wildman–Crippen MR) is 113 cm³/mol. The Kier molecular flexibility index (Phi) is 5.34. The first kappa shape index (κ1) is 19.2. The Balaban J connectivity index is 1.65. The molecule has 1 aliphatic rings. The zero-order valence-corrected chi connectivity index (χ0v) is 16.9. The fraction of sp³-hybridized carbons (Fsp3) is 0.348. The van der Waals surface area contributed by atoms with Gasteiger partial charge in [-0.1, -0.05) is 36.8 Å². The van der Waals surface area contributed by atoms with Gasteiger partial charge < -0.3 is 14.9 Å². The molecule has 3 heterocycles. The number of benzene rings is 1. The molecule has 0 aliphatic carbocycles. The summed E-state index contributed by atoms with van der Waals surface area (Å²) in [7, 11) is 0. The Morgan fingerprint density at radius 3 is 2.72 bits per heavy atom. The third-order valence-electron chi connectivity index (χ3n) is 5.53. The van der Waals surface area contributed by atoms with Crippen LogP contribution in [0.2, 0.25) is 0 Å². The lowest BCUT2D eigenvalue weighted by molar-refractivity contribution is 0.0945. The van der Waals surface area contributed by atoms with Crippen LogP contribution in [0.4, 0.5) is 0 Å². The van der Waals surface area contributed by atoms with E-state index in [0.717, 1.165) is 60.6 Å². The number of imidazole rings is 1. The minimum absolute atomic E-state index is 0.156. The highest BCUT2D eigenvalue weighted by molar-refractivity contribution is 5.94. The molecule has 29 heavy (non-hydrogen) atoms. The largest absolute Gasteiger partial charge is 0.346 e. The molecule has 6 nitrogen and oxygen atoms in total. The SMILES string of the molecule is Cc1cc(C)c(CNC(=O)c2nc(-c3ccccc3)n3c2CCCCC3)c(=O)[nH]1. The first-order valence-electron chi connectivity index (χ1n) is 10.2. The molecular weight excluding hydrogens is 364 g/mol. The minimum Gasteiger partial charge on any atom is -0.346 e. The van der Waals surface area contributed by atoms with Crippen LogP contribution >= 0.6 is 0 Å². The van der Waals surface area contributed by atoms with Crippen LogP contribution in [0.25, 0.3) is 11.4 Å². The third kappa shape index (κ3) is 3.88. The number of pyridine rings is 1. The average molecular weight is 390 g/mol. The maximum absolute atomic E-state index is 13.0. The number of nitrogens with zero attached hydrogens (tertiary/aromatic N) is 2. The molecule has 2 N–H and O–H groups in total. The van der Waals surface area contributed by atoms with Crippen molar-refractivity contribution in [3.63, 3.8) is 0 Å². The summed E-state index contributed by atoms with van der Waals surface area (Å²) in [5, 5.41) is 2.92. The highest BCUT2D eigenvalue weighted by Crippen LogP contribution is 2.27. The second kappa shape index (κ2) is 8.07. The van der Waals surface area contributed by atoms with Crippen molar-refractivity contribution in [3.8, 4) is 11.4 Å². The molecule has 3 aromatic rings. The van der Waals surface area contributed by atoms with Crippen LogP contribution in [-0.4, -0.2) is 20.4 Å². The van der Waals surface area contributed by atoms with E-state index in [4.69, 9.17) is 4.98 Å². The molecule has 0 unspecified atom stereocenters. The monoisotopic (exact) mass is 390 g/mol. The van der Waals surface area contributed by atoms with Gasteiger partial charge in [0.05, 0.1) is 5.69 Å². The number of rotatable bonds is 4. The Morgan fingerprint density at radius 2 is 1.97 bits per heavy atom. The fourth-order valence-corrected chi connectivity index (χ4v) is 4.06. The molecule has 0 radical (unpaired) electrons. The van der Waals surface area contributed by atoms with E-state index in [9.17, 15) is 9.59 Å². The van der Waals surface area contributed by atoms with Crippen LogP contribution in [0.5, 0.6) is 0 Å². The van der Waals surface area contributed by atoms with E-state index in [0.29, 0.717) is 11.3 Å². The van der Waals surface area contributed by atoms with E-state index in [1.54, 1.807) is 0 Å². The predicted octanol–water partition coefficient (Wildman–Crippen LogP) is 3.51. The van der Waals surface area contributed by atoms with Gasteiger partial charge in [-0.2, -0.15) is 0 Å². The molecule has 6 heteroatoms. The van der Waals surface area contributed by atoms with Crippen molar-refractivity contribution in [2.45, 2.75) is 52.6 Å². The van der Waals surface area contributed by atoms with Gasteiger partial charge in [0.2, 0.25) is 0 Å². The van der Waals surface area contributed by atoms with Crippen LogP contribution in [-0.2, 0) is 19.5 Å². The van der Waals surface area contributed by atoms with Crippen LogP contribution < -0.4 is 10.9 Å². The molecule has 1 amide bonds. The number of amides is 1. The van der Waals surface area contributed by atoms with E-state index < -0.39 is 0 Å². The summed E-state index contributed by atoms with van der Waals surface area (Å²) < 4.78 is 2.20. The first-order valence-corrected chi connectivity index (χ1v) is 10.2. The molecule has 2 aromatic heterocycles. The van der Waals surface area contributed by atoms with Crippen LogP contribution in [0.3, 0.4) is 0 Å². The molecule has 4 rings (SSSR count). The standard InChI is InChI=1S/C23H26N4O2/c1-15-13-16(2)25-22(28)18(15)14-24-23(29)20-19-11-7-4-8-12-27(19)21(26-20)17-9-5-3-6-10-17/h3,5-6,9-10,13H,4,7-8,11-12,14H2,1-2H3,(H,24,29)(H,25,28). The maximum Gasteiger partial charge on any atom is 0.272 e. The summed E-state index contributed by atoms with van der Waals surface area (Å²) in [5.74, 6) is 0.620. The number of carbonyl (C=O) groups excluding carboxylic acids is 1. The van der Waals surface area contributed by atoms with E-state index in [-0.39, 0.29) is 18.0 Å². The Labute approximate surface area is 170 Å². The molecule has 0 saturated heterocycles. The number of nitrogens with one attached hydrogen (secondary N) is 2. The summed E-state index contributed by atoms with van der Waals surface area (Å²) in [4.78, 5) is 32.8. The van der Waals surface area contributed by atoms with E-state index in [2.05, 4.69) is 14.9 Å². The molecule has 0 saturated carbocycles. The van der Waals surface area contributed by atoms with Gasteiger partial charge >= 0.3 is 0 Å². The van der Waals surface area contributed by atoms with Crippen molar-refractivity contribution in [2.24, 2.45) is 0 Å². The second-order valence-corrected chi connectivity index (χ2v) is 7.68. The number of H-pyrrole nitrogens is 1. The van der Waals surface area contributed by atoms with Crippen LogP contribution in [0.15, 0.2) is 41.2 Å². The lowest BCUT2D eigenvalue weighted by Gasteiger charge is -2.09. The number of carbonyl (C=O) groups is 1. The topological polar surface area (TPSA) is 79.8 Å². The van der Waals surface area contributed by atoms with Crippen molar-refractivity contribution in [1.82, 2.24) is 19.9 Å². The lowest BCUT2D eigenvalue weighted by Crippen LogP contribution is -2.29. The van der Waals surface area contributed by atoms with Crippen molar-refractivity contribution >= 4 is 5.91 Å². The number of hydrogen-bond acceptors (Lipinski definition) is 3. The Hall–Kier alpha value is -3.15. The molecule has 1 aromatic carbocycles. The van der Waals surface area contributed by atoms with Gasteiger partial charge in [-0.25, -0.2) is 4.98 Å². The van der Waals surface area contributed by atoms with Crippen molar-refractivity contribution < 1.29 is 4.79 Å². The van der Waals surface area contributed by atoms with E-state index in [1.165, 1.54) is 0 Å². The molecule has 0 bridgehead atoms. The number of aryl methyl sites for hydroxylation is 2. The fourth-order valence-electron chi connectivity index (χ4n) is 4.06. The minimum atomic E-state index is -0.225. The molecular formula is C23H26N4O2. The number of fused-ring (bicyclic) bond motifs is 1. The lowest BCUT2D eigenvalue weighted by atomic mass is 10.1. The zero-order chi connectivity index (χ0) is 20.4. The Morgan fingerprint density at radius 1 is 1.17 bits per heavy atom. The van der Waals surface area contributed by atoms with Crippen LogP contribution in [0, 0.1) is 13.8 Å². The normalized spacial score (nSPS) is 13.6. The van der Waals surface area contributed by atoms with Crippen LogP contribution in [0.1, 0.15) is 52.3 Å². The average Bonchev–Trinajstić information content (AvgIpc) is 2.89. The van der Waals surface area contributed by atoms with Gasteiger partial charge in [0.1, 0.15) is 11.5 Å². The zero-order valence-electron chi connectivity index (χ0n) is 16.9. The van der Waals surface area contributed by atoms with E-state index in [1.807, 2.05) is 50.2 Å². The molecule has 0 spiro atoms. The van der Waals surface area contributed by atoms with Gasteiger partial charge in [0.15, 0.2) is 0 Å². The quantitative estimate of drug-likeness (QED) is 0.715. The molecule has 1 aliphatic heterocycles. The van der Waals surface area contributed by atoms with Gasteiger partial charge in [-0.05, 0) is 44.7 Å². The highest BCUT2D eigenvalue weighted by atomic mass is 16.2. The first-order chi connectivity index (χ1) is 14.0. The van der Waals surface area contributed by atoms with Gasteiger partial charge in [-0.3, -0.25) is 9.59 Å². The van der Waals surface area contributed by atoms with Crippen molar-refractivity contribution in [3.05, 3.63) is 75.0 Å². The van der Waals surface area contributed by atoms with Crippen molar-refractivity contribution in [2.75, 3.05) is 0 Å². The Bertz CT molecular complexity index is 1100. The summed E-state index contributed by atoms with van der Waals surface area (Å²) >= 11 is 0. The van der Waals surface area contributed by atoms with Crippen molar-refractivity contribution in [1.29, 1.82) is 0 Å². The third-order valence-corrected chi connectivity index (χ3v) is 5.53. The molecule has 0 fully saturated rings. The molecule has 0 atom stereocenters.